The first-order valence-corrected chi connectivity index (χ1v) is 7.53. The maximum atomic E-state index is 12.6. The van der Waals surface area contributed by atoms with Crippen LogP contribution in [-0.2, 0) is 23.1 Å². The third kappa shape index (κ3) is 4.51. The van der Waals surface area contributed by atoms with Crippen LogP contribution in [0.2, 0.25) is 0 Å². The number of aliphatic carboxylic acids is 1. The summed E-state index contributed by atoms with van der Waals surface area (Å²) in [5.74, 6) is -1.37. The molecule has 1 unspecified atom stereocenters. The number of hydrogen-bond acceptors (Lipinski definition) is 2. The number of thiol groups is 1. The van der Waals surface area contributed by atoms with Crippen LogP contribution in [-0.4, -0.2) is 11.1 Å². The van der Waals surface area contributed by atoms with Crippen LogP contribution in [0.3, 0.4) is 0 Å². The van der Waals surface area contributed by atoms with Crippen molar-refractivity contribution < 1.29 is 23.1 Å². The third-order valence-electron chi connectivity index (χ3n) is 3.58. The molecule has 0 aliphatic heterocycles. The van der Waals surface area contributed by atoms with E-state index in [-0.39, 0.29) is 6.42 Å². The zero-order valence-electron chi connectivity index (χ0n) is 12.0. The molecule has 2 rings (SSSR count). The van der Waals surface area contributed by atoms with E-state index >= 15 is 0 Å². The highest BCUT2D eigenvalue weighted by Crippen LogP contribution is 2.31. The van der Waals surface area contributed by atoms with Crippen LogP contribution in [0.1, 0.15) is 28.2 Å². The van der Waals surface area contributed by atoms with Gasteiger partial charge in [0.2, 0.25) is 0 Å². The minimum atomic E-state index is -4.43. The average molecular weight is 340 g/mol. The summed E-state index contributed by atoms with van der Waals surface area (Å²) in [5.41, 5.74) is 1.38. The molecule has 0 amide bonds. The van der Waals surface area contributed by atoms with Gasteiger partial charge in [-0.1, -0.05) is 36.4 Å². The minimum absolute atomic E-state index is 0.216. The summed E-state index contributed by atoms with van der Waals surface area (Å²) in [6.45, 7) is 0. The van der Waals surface area contributed by atoms with Gasteiger partial charge >= 0.3 is 12.1 Å². The Labute approximate surface area is 137 Å². The number of benzene rings is 2. The maximum Gasteiger partial charge on any atom is 0.416 e. The van der Waals surface area contributed by atoms with E-state index < -0.39 is 23.6 Å². The Morgan fingerprint density at radius 3 is 1.96 bits per heavy atom. The van der Waals surface area contributed by atoms with Gasteiger partial charge in [-0.25, -0.2) is 0 Å². The van der Waals surface area contributed by atoms with Crippen molar-refractivity contribution in [3.8, 4) is 0 Å². The topological polar surface area (TPSA) is 37.3 Å². The van der Waals surface area contributed by atoms with Crippen molar-refractivity contribution >= 4 is 18.6 Å². The first-order chi connectivity index (χ1) is 10.8. The van der Waals surface area contributed by atoms with Gasteiger partial charge in [-0.05, 0) is 35.2 Å². The fourth-order valence-corrected chi connectivity index (χ4v) is 2.48. The van der Waals surface area contributed by atoms with E-state index in [1.165, 1.54) is 12.1 Å². The van der Waals surface area contributed by atoms with Crippen LogP contribution in [0.15, 0.2) is 48.5 Å². The van der Waals surface area contributed by atoms with E-state index in [4.69, 9.17) is 0 Å². The van der Waals surface area contributed by atoms with Gasteiger partial charge in [0.1, 0.15) is 0 Å². The zero-order valence-corrected chi connectivity index (χ0v) is 12.9. The van der Waals surface area contributed by atoms with Crippen LogP contribution in [0.4, 0.5) is 13.2 Å². The van der Waals surface area contributed by atoms with Crippen LogP contribution < -0.4 is 0 Å². The van der Waals surface area contributed by atoms with Crippen LogP contribution >= 0.6 is 12.6 Å². The van der Waals surface area contributed by atoms with Crippen molar-refractivity contribution in [2.24, 2.45) is 0 Å². The van der Waals surface area contributed by atoms with E-state index in [1.54, 1.807) is 0 Å². The second-order valence-electron chi connectivity index (χ2n) is 5.19. The molecule has 23 heavy (non-hydrogen) atoms. The van der Waals surface area contributed by atoms with Crippen LogP contribution in [0.5, 0.6) is 0 Å². The van der Waals surface area contributed by atoms with Gasteiger partial charge in [-0.15, -0.1) is 0 Å². The molecular formula is C17H15F3O2S. The summed E-state index contributed by atoms with van der Waals surface area (Å²) in [6.07, 6.45) is -4.21. The molecule has 0 aliphatic carbocycles. The van der Waals surface area contributed by atoms with Gasteiger partial charge in [0.15, 0.2) is 0 Å². The molecule has 2 nitrogen and oxygen atoms in total. The van der Waals surface area contributed by atoms with E-state index in [1.807, 2.05) is 24.3 Å². The Morgan fingerprint density at radius 1 is 1.00 bits per heavy atom. The van der Waals surface area contributed by atoms with Crippen molar-refractivity contribution in [2.45, 2.75) is 24.3 Å². The molecule has 6 heteroatoms. The van der Waals surface area contributed by atoms with Crippen molar-refractivity contribution in [3.63, 3.8) is 0 Å². The Balaban J connectivity index is 2.22. The quantitative estimate of drug-likeness (QED) is 0.784. The summed E-state index contributed by atoms with van der Waals surface area (Å²) < 4.78 is 37.7. The van der Waals surface area contributed by atoms with Crippen LogP contribution in [0, 0.1) is 0 Å². The molecule has 0 aliphatic rings. The lowest BCUT2D eigenvalue weighted by atomic mass is 9.91. The molecule has 0 saturated carbocycles. The number of carbonyl (C=O) groups is 1. The van der Waals surface area contributed by atoms with Gasteiger partial charge in [0, 0.05) is 5.75 Å². The molecule has 2 aromatic rings. The molecule has 122 valence electrons. The maximum absolute atomic E-state index is 12.6. The van der Waals surface area contributed by atoms with Crippen molar-refractivity contribution in [1.82, 2.24) is 0 Å². The fourth-order valence-electron chi connectivity index (χ4n) is 2.27. The highest BCUT2D eigenvalue weighted by Gasteiger charge is 2.30. The lowest BCUT2D eigenvalue weighted by Crippen LogP contribution is -2.15. The first-order valence-electron chi connectivity index (χ1n) is 6.90. The van der Waals surface area contributed by atoms with Gasteiger partial charge in [0.05, 0.1) is 11.5 Å². The number of alkyl halides is 3. The molecule has 0 saturated heterocycles. The smallest absolute Gasteiger partial charge is 0.416 e. The molecule has 2 aromatic carbocycles. The summed E-state index contributed by atoms with van der Waals surface area (Å²) in [7, 11) is 0. The molecule has 1 atom stereocenters. The number of rotatable bonds is 5. The summed E-state index contributed by atoms with van der Waals surface area (Å²) >= 11 is 4.15. The highest BCUT2D eigenvalue weighted by atomic mass is 32.1. The standard InChI is InChI=1S/C17H15F3O2S/c18-17(19,20)14-7-5-13(6-8-14)15(16(21)22)9-11-1-3-12(10-23)4-2-11/h1-8,15,23H,9-10H2,(H,21,22). The molecule has 0 spiro atoms. The lowest BCUT2D eigenvalue weighted by Gasteiger charge is -2.14. The largest absolute Gasteiger partial charge is 0.481 e. The first kappa shape index (κ1) is 17.4. The van der Waals surface area contributed by atoms with Gasteiger partial charge in [-0.2, -0.15) is 25.8 Å². The molecule has 0 aromatic heterocycles. The Bertz CT molecular complexity index is 664. The molecule has 0 bridgehead atoms. The fraction of sp³-hybridized carbons (Fsp3) is 0.235. The predicted molar refractivity (Wildman–Crippen MR) is 84.7 cm³/mol. The molecule has 0 radical (unpaired) electrons. The summed E-state index contributed by atoms with van der Waals surface area (Å²) in [4.78, 5) is 11.5. The lowest BCUT2D eigenvalue weighted by molar-refractivity contribution is -0.138. The number of carboxylic acids is 1. The molecule has 1 N–H and O–H groups in total. The number of halogens is 3. The second kappa shape index (κ2) is 7.08. The third-order valence-corrected chi connectivity index (χ3v) is 3.95. The monoisotopic (exact) mass is 340 g/mol. The Kier molecular flexibility index (Phi) is 5.36. The van der Waals surface area contributed by atoms with Gasteiger partial charge in [-0.3, -0.25) is 4.79 Å². The predicted octanol–water partition coefficient (Wildman–Crippen LogP) is 4.55. The van der Waals surface area contributed by atoms with E-state index in [0.717, 1.165) is 23.3 Å². The molecule has 0 fully saturated rings. The van der Waals surface area contributed by atoms with Crippen LogP contribution in [0.25, 0.3) is 0 Å². The normalized spacial score (nSPS) is 12.9. The van der Waals surface area contributed by atoms with E-state index in [0.29, 0.717) is 11.3 Å². The number of hydrogen-bond donors (Lipinski definition) is 2. The Hall–Kier alpha value is -1.95. The summed E-state index contributed by atoms with van der Waals surface area (Å²) in [6, 6.07) is 11.6. The van der Waals surface area contributed by atoms with Crippen molar-refractivity contribution in [2.75, 3.05) is 0 Å². The highest BCUT2D eigenvalue weighted by molar-refractivity contribution is 7.79. The number of carboxylic acid groups (broad SMARTS) is 1. The summed E-state index contributed by atoms with van der Waals surface area (Å²) in [5, 5.41) is 9.38. The van der Waals surface area contributed by atoms with Gasteiger partial charge < -0.3 is 5.11 Å². The molecule has 0 heterocycles. The van der Waals surface area contributed by atoms with Crippen molar-refractivity contribution in [3.05, 3.63) is 70.8 Å². The van der Waals surface area contributed by atoms with Gasteiger partial charge in [0.25, 0.3) is 0 Å². The SMILES string of the molecule is O=C(O)C(Cc1ccc(CS)cc1)c1ccc(C(F)(F)F)cc1. The van der Waals surface area contributed by atoms with Crippen molar-refractivity contribution in [1.29, 1.82) is 0 Å². The minimum Gasteiger partial charge on any atom is -0.481 e. The average Bonchev–Trinajstić information content (AvgIpc) is 2.52. The second-order valence-corrected chi connectivity index (χ2v) is 5.51. The van der Waals surface area contributed by atoms with E-state index in [9.17, 15) is 23.1 Å². The van der Waals surface area contributed by atoms with E-state index in [2.05, 4.69) is 12.6 Å². The molecular weight excluding hydrogens is 325 g/mol. The zero-order chi connectivity index (χ0) is 17.0. The Morgan fingerprint density at radius 2 is 1.52 bits per heavy atom.